The van der Waals surface area contributed by atoms with Crippen molar-refractivity contribution in [3.8, 4) is 12.1 Å². The van der Waals surface area contributed by atoms with E-state index in [1.54, 1.807) is 0 Å². The van der Waals surface area contributed by atoms with Crippen LogP contribution in [0.4, 0.5) is 5.69 Å². The summed E-state index contributed by atoms with van der Waals surface area (Å²) in [5.41, 5.74) is 3.24. The number of hydrogen-bond donors (Lipinski definition) is 1. The van der Waals surface area contributed by atoms with Gasteiger partial charge in [-0.2, -0.15) is 10.5 Å². The van der Waals surface area contributed by atoms with E-state index >= 15 is 0 Å². The quantitative estimate of drug-likeness (QED) is 0.512. The first-order valence-electron chi connectivity index (χ1n) is 3.36. The van der Waals surface area contributed by atoms with Crippen molar-refractivity contribution in [1.29, 1.82) is 15.9 Å². The summed E-state index contributed by atoms with van der Waals surface area (Å²) in [7, 11) is 0. The minimum atomic E-state index is 0.261. The predicted octanol–water partition coefficient (Wildman–Crippen LogP) is 1.61. The third kappa shape index (κ3) is 1.71. The minimum absolute atomic E-state index is 0.261. The van der Waals surface area contributed by atoms with Gasteiger partial charge in [-0.3, -0.25) is 0 Å². The molecule has 0 unspecified atom stereocenters. The van der Waals surface area contributed by atoms with E-state index in [1.165, 1.54) is 18.2 Å². The third-order valence-corrected chi connectivity index (χ3v) is 1.44. The molecule has 0 saturated carbocycles. The molecule has 0 aliphatic rings. The standard InChI is InChI=1S/C8H4N5/c9-4-6-1-2-8(12-13-11)7(3-6)5-10/h1-3,12H/q+1. The van der Waals surface area contributed by atoms with Gasteiger partial charge in [-0.15, -0.1) is 0 Å². The van der Waals surface area contributed by atoms with Crippen LogP contribution < -0.4 is 5.43 Å². The van der Waals surface area contributed by atoms with Crippen molar-refractivity contribution < 1.29 is 0 Å². The lowest BCUT2D eigenvalue weighted by molar-refractivity contribution is 1.37. The normalized spacial score (nSPS) is 7.77. The second-order valence-corrected chi connectivity index (χ2v) is 2.20. The Bertz CT molecular complexity index is 443. The van der Waals surface area contributed by atoms with Crippen molar-refractivity contribution in [2.75, 3.05) is 5.43 Å². The van der Waals surface area contributed by atoms with Crippen molar-refractivity contribution >= 4 is 5.69 Å². The van der Waals surface area contributed by atoms with Crippen molar-refractivity contribution in [3.05, 3.63) is 34.4 Å². The van der Waals surface area contributed by atoms with Gasteiger partial charge in [0, 0.05) is 0 Å². The van der Waals surface area contributed by atoms with Crippen LogP contribution in [0.2, 0.25) is 0 Å². The Morgan fingerprint density at radius 2 is 2.00 bits per heavy atom. The monoisotopic (exact) mass is 170 g/mol. The molecular formula is C8H4N5+. The molecule has 0 saturated heterocycles. The van der Waals surface area contributed by atoms with Crippen molar-refractivity contribution in [2.24, 2.45) is 0 Å². The van der Waals surface area contributed by atoms with E-state index in [0.29, 0.717) is 11.3 Å². The number of rotatable bonds is 1. The summed E-state index contributed by atoms with van der Waals surface area (Å²) >= 11 is 0. The van der Waals surface area contributed by atoms with Gasteiger partial charge in [-0.1, -0.05) is 0 Å². The Balaban J connectivity index is 3.21. The summed E-state index contributed by atoms with van der Waals surface area (Å²) in [5.74, 6) is 0. The number of hydrogen-bond acceptors (Lipinski definition) is 4. The number of nitrogens with zero attached hydrogens (tertiary/aromatic N) is 4. The summed E-state index contributed by atoms with van der Waals surface area (Å²) in [5, 5.41) is 28.1. The predicted molar refractivity (Wildman–Crippen MR) is 44.6 cm³/mol. The fourth-order valence-electron chi connectivity index (χ4n) is 0.858. The van der Waals surface area contributed by atoms with Crippen molar-refractivity contribution in [1.82, 2.24) is 0 Å². The van der Waals surface area contributed by atoms with Crippen molar-refractivity contribution in [2.45, 2.75) is 0 Å². The number of benzene rings is 1. The van der Waals surface area contributed by atoms with Gasteiger partial charge in [0.05, 0.1) is 17.2 Å². The highest BCUT2D eigenvalue weighted by Crippen LogP contribution is 2.15. The van der Waals surface area contributed by atoms with Crippen LogP contribution in [0.1, 0.15) is 11.1 Å². The van der Waals surface area contributed by atoms with E-state index < -0.39 is 0 Å². The molecular weight excluding hydrogens is 166 g/mol. The fourth-order valence-corrected chi connectivity index (χ4v) is 0.858. The van der Waals surface area contributed by atoms with E-state index in [-0.39, 0.29) is 5.56 Å². The second-order valence-electron chi connectivity index (χ2n) is 2.20. The SMILES string of the molecule is N#Cc1ccc(N[N+]#N)c(C#N)c1. The molecule has 0 bridgehead atoms. The smallest absolute Gasteiger partial charge is 0.192 e. The Morgan fingerprint density at radius 1 is 1.23 bits per heavy atom. The van der Waals surface area contributed by atoms with Gasteiger partial charge < -0.3 is 0 Å². The molecule has 0 heterocycles. The van der Waals surface area contributed by atoms with E-state index in [0.717, 1.165) is 0 Å². The number of nitriles is 2. The first-order valence-corrected chi connectivity index (χ1v) is 3.36. The lowest BCUT2D eigenvalue weighted by Gasteiger charge is -1.93. The molecule has 0 amide bonds. The average molecular weight is 170 g/mol. The van der Waals surface area contributed by atoms with E-state index in [1.807, 2.05) is 12.1 Å². The average Bonchev–Trinajstić information content (AvgIpc) is 2.19. The molecule has 0 atom stereocenters. The molecule has 0 radical (unpaired) electrons. The van der Waals surface area contributed by atoms with Crippen LogP contribution in [0.5, 0.6) is 0 Å². The maximum atomic E-state index is 8.64. The second kappa shape index (κ2) is 3.71. The number of anilines is 1. The highest BCUT2D eigenvalue weighted by molar-refractivity contribution is 5.60. The zero-order valence-electron chi connectivity index (χ0n) is 6.52. The molecule has 0 spiro atoms. The molecule has 5 nitrogen and oxygen atoms in total. The van der Waals surface area contributed by atoms with Crippen LogP contribution in [0, 0.1) is 28.1 Å². The third-order valence-electron chi connectivity index (χ3n) is 1.44. The van der Waals surface area contributed by atoms with Gasteiger partial charge in [0.15, 0.2) is 0 Å². The highest BCUT2D eigenvalue weighted by atomic mass is 15.3. The minimum Gasteiger partial charge on any atom is -0.192 e. The van der Waals surface area contributed by atoms with Crippen molar-refractivity contribution in [3.63, 3.8) is 0 Å². The highest BCUT2D eigenvalue weighted by Gasteiger charge is 2.06. The summed E-state index contributed by atoms with van der Waals surface area (Å²) in [6, 6.07) is 8.20. The summed E-state index contributed by atoms with van der Waals surface area (Å²) < 4.78 is 0. The molecule has 1 N–H and O–H groups in total. The topological polar surface area (TPSA) is 87.8 Å². The van der Waals surface area contributed by atoms with Crippen LogP contribution in [0.25, 0.3) is 5.08 Å². The first-order chi connectivity index (χ1) is 6.31. The molecule has 1 rings (SSSR count). The molecule has 0 aromatic heterocycles. The Labute approximate surface area is 74.4 Å². The maximum Gasteiger partial charge on any atom is 0.308 e. The lowest BCUT2D eigenvalue weighted by Crippen LogP contribution is -1.89. The zero-order chi connectivity index (χ0) is 9.68. The summed E-state index contributed by atoms with van der Waals surface area (Å²) in [6.07, 6.45) is 0. The lowest BCUT2D eigenvalue weighted by atomic mass is 10.1. The Hall–Kier alpha value is -2.58. The van der Waals surface area contributed by atoms with Crippen LogP contribution in [-0.4, -0.2) is 0 Å². The fraction of sp³-hybridized carbons (Fsp3) is 0. The van der Waals surface area contributed by atoms with Gasteiger partial charge in [-0.25, -0.2) is 0 Å². The summed E-state index contributed by atoms with van der Waals surface area (Å²) in [6.45, 7) is 0. The Kier molecular flexibility index (Phi) is 2.43. The molecule has 1 aromatic rings. The zero-order valence-corrected chi connectivity index (χ0v) is 6.52. The van der Waals surface area contributed by atoms with Crippen LogP contribution in [0.3, 0.4) is 0 Å². The molecule has 5 heteroatoms. The molecule has 0 aliphatic carbocycles. The van der Waals surface area contributed by atoms with Crippen LogP contribution in [-0.2, 0) is 0 Å². The van der Waals surface area contributed by atoms with Gasteiger partial charge in [-0.05, 0) is 23.6 Å². The van der Waals surface area contributed by atoms with E-state index in [4.69, 9.17) is 15.9 Å². The number of nitrogens with one attached hydrogen (secondary N) is 1. The largest absolute Gasteiger partial charge is 0.308 e. The van der Waals surface area contributed by atoms with Gasteiger partial charge >= 0.3 is 5.08 Å². The Morgan fingerprint density at radius 3 is 2.54 bits per heavy atom. The molecule has 13 heavy (non-hydrogen) atoms. The van der Waals surface area contributed by atoms with Crippen LogP contribution in [0.15, 0.2) is 18.2 Å². The molecule has 60 valence electrons. The van der Waals surface area contributed by atoms with Gasteiger partial charge in [0.2, 0.25) is 0 Å². The van der Waals surface area contributed by atoms with Gasteiger partial charge in [0.1, 0.15) is 11.8 Å². The molecule has 1 aromatic carbocycles. The number of diazo groups is 1. The van der Waals surface area contributed by atoms with Gasteiger partial charge in [0.25, 0.3) is 5.39 Å². The van der Waals surface area contributed by atoms with E-state index in [9.17, 15) is 0 Å². The maximum absolute atomic E-state index is 8.64. The van der Waals surface area contributed by atoms with E-state index in [2.05, 4.69) is 10.5 Å². The summed E-state index contributed by atoms with van der Waals surface area (Å²) in [4.78, 5) is 0. The van der Waals surface area contributed by atoms with Crippen LogP contribution >= 0.6 is 0 Å². The first kappa shape index (κ1) is 8.52. The molecule has 0 aliphatic heterocycles. The molecule has 0 fully saturated rings.